The molecular weight excluding hydrogens is 394 g/mol. The molecule has 0 radical (unpaired) electrons. The van der Waals surface area contributed by atoms with E-state index < -0.39 is 24.5 Å². The molecule has 2 N–H and O–H groups in total. The van der Waals surface area contributed by atoms with Gasteiger partial charge >= 0.3 is 12.0 Å². The SMILES string of the molecule is CC(C)(C)[C@@H]1CCc2nc3ccccc3c(C(=O)OCC(=O)NC(=O)NC3CC3)c2C1. The summed E-state index contributed by atoms with van der Waals surface area (Å²) >= 11 is 0. The number of carbonyl (C=O) groups excluding carboxylic acids is 3. The Balaban J connectivity index is 1.56. The second-order valence-electron chi connectivity index (χ2n) is 9.61. The summed E-state index contributed by atoms with van der Waals surface area (Å²) in [6.07, 6.45) is 4.43. The Labute approximate surface area is 181 Å². The fraction of sp³-hybridized carbons (Fsp3) is 0.500. The fourth-order valence-corrected chi connectivity index (χ4v) is 4.18. The highest BCUT2D eigenvalue weighted by molar-refractivity contribution is 6.06. The maximum atomic E-state index is 13.1. The van der Waals surface area contributed by atoms with E-state index in [1.54, 1.807) is 0 Å². The molecule has 1 fully saturated rings. The van der Waals surface area contributed by atoms with Crippen molar-refractivity contribution in [3.8, 4) is 0 Å². The minimum Gasteiger partial charge on any atom is -0.452 e. The number of amides is 3. The fourth-order valence-electron chi connectivity index (χ4n) is 4.18. The van der Waals surface area contributed by atoms with Crippen molar-refractivity contribution in [2.24, 2.45) is 11.3 Å². The van der Waals surface area contributed by atoms with Gasteiger partial charge in [0.25, 0.3) is 5.91 Å². The van der Waals surface area contributed by atoms with Crippen LogP contribution in [0.3, 0.4) is 0 Å². The molecule has 164 valence electrons. The van der Waals surface area contributed by atoms with E-state index in [0.717, 1.165) is 54.3 Å². The van der Waals surface area contributed by atoms with Crippen LogP contribution < -0.4 is 10.6 Å². The lowest BCUT2D eigenvalue weighted by Crippen LogP contribution is -2.42. The first kappa shape index (κ1) is 21.3. The van der Waals surface area contributed by atoms with Gasteiger partial charge in [-0.1, -0.05) is 39.0 Å². The number of imide groups is 1. The lowest BCUT2D eigenvalue weighted by molar-refractivity contribution is -0.123. The summed E-state index contributed by atoms with van der Waals surface area (Å²) in [7, 11) is 0. The topological polar surface area (TPSA) is 97.4 Å². The molecule has 1 aromatic heterocycles. The predicted molar refractivity (Wildman–Crippen MR) is 117 cm³/mol. The third-order valence-corrected chi connectivity index (χ3v) is 6.19. The normalized spacial score (nSPS) is 18.2. The molecule has 3 amide bonds. The number of pyridine rings is 1. The van der Waals surface area contributed by atoms with Crippen LogP contribution in [-0.4, -0.2) is 35.5 Å². The maximum Gasteiger partial charge on any atom is 0.339 e. The van der Waals surface area contributed by atoms with Crippen LogP contribution in [0.25, 0.3) is 10.9 Å². The summed E-state index contributed by atoms with van der Waals surface area (Å²) in [4.78, 5) is 41.7. The zero-order valence-electron chi connectivity index (χ0n) is 18.3. The summed E-state index contributed by atoms with van der Waals surface area (Å²) in [5.41, 5.74) is 3.20. The number of hydrogen-bond donors (Lipinski definition) is 2. The Kier molecular flexibility index (Phi) is 5.69. The predicted octanol–water partition coefficient (Wildman–Crippen LogP) is 3.53. The van der Waals surface area contributed by atoms with Crippen LogP contribution >= 0.6 is 0 Å². The molecular formula is C24H29N3O4. The Morgan fingerprint density at radius 1 is 1.13 bits per heavy atom. The molecule has 7 heteroatoms. The summed E-state index contributed by atoms with van der Waals surface area (Å²) in [5.74, 6) is -0.780. The first-order valence-electron chi connectivity index (χ1n) is 10.9. The zero-order valence-corrected chi connectivity index (χ0v) is 18.3. The molecule has 4 rings (SSSR count). The lowest BCUT2D eigenvalue weighted by Gasteiger charge is -2.35. The summed E-state index contributed by atoms with van der Waals surface area (Å²) in [6.45, 7) is 6.13. The van der Waals surface area contributed by atoms with Crippen LogP contribution in [-0.2, 0) is 22.4 Å². The molecule has 2 aliphatic rings. The number of nitrogens with one attached hydrogen (secondary N) is 2. The Bertz CT molecular complexity index is 1040. The van der Waals surface area contributed by atoms with Crippen molar-refractivity contribution in [2.75, 3.05) is 6.61 Å². The summed E-state index contributed by atoms with van der Waals surface area (Å²) < 4.78 is 5.35. The first-order chi connectivity index (χ1) is 14.7. The van der Waals surface area contributed by atoms with Gasteiger partial charge in [0.2, 0.25) is 0 Å². The van der Waals surface area contributed by atoms with Gasteiger partial charge < -0.3 is 10.1 Å². The van der Waals surface area contributed by atoms with Crippen LogP contribution in [0.2, 0.25) is 0 Å². The van der Waals surface area contributed by atoms with Crippen molar-refractivity contribution in [2.45, 2.75) is 58.9 Å². The highest BCUT2D eigenvalue weighted by atomic mass is 16.5. The number of hydrogen-bond acceptors (Lipinski definition) is 5. The molecule has 0 spiro atoms. The summed E-state index contributed by atoms with van der Waals surface area (Å²) in [6, 6.07) is 7.10. The van der Waals surface area contributed by atoms with E-state index in [1.807, 2.05) is 24.3 Å². The molecule has 0 saturated heterocycles. The van der Waals surface area contributed by atoms with Crippen molar-refractivity contribution < 1.29 is 19.1 Å². The molecule has 1 heterocycles. The number of aromatic nitrogens is 1. The molecule has 31 heavy (non-hydrogen) atoms. The minimum absolute atomic E-state index is 0.110. The Morgan fingerprint density at radius 2 is 1.87 bits per heavy atom. The molecule has 2 aromatic rings. The number of ether oxygens (including phenoxy) is 1. The van der Waals surface area contributed by atoms with Crippen LogP contribution in [0.1, 0.15) is 61.6 Å². The largest absolute Gasteiger partial charge is 0.452 e. The van der Waals surface area contributed by atoms with E-state index in [4.69, 9.17) is 9.72 Å². The van der Waals surface area contributed by atoms with Gasteiger partial charge in [0.05, 0.1) is 11.1 Å². The molecule has 1 saturated carbocycles. The number of nitrogens with zero attached hydrogens (tertiary/aromatic N) is 1. The molecule has 2 aliphatic carbocycles. The van der Waals surface area contributed by atoms with Gasteiger partial charge in [-0.05, 0) is 55.1 Å². The molecule has 1 aromatic carbocycles. The standard InChI is InChI=1S/C24H29N3O4/c1-24(2,3)14-8-11-19-17(12-14)21(16-6-4-5-7-18(16)26-19)22(29)31-13-20(28)27-23(30)25-15-9-10-15/h4-7,14-15H,8-13H2,1-3H3,(H2,25,27,28,30)/t14-/m1/s1. The van der Waals surface area contributed by atoms with Crippen LogP contribution in [0.15, 0.2) is 24.3 Å². The van der Waals surface area contributed by atoms with E-state index in [1.165, 1.54) is 0 Å². The number of benzene rings is 1. The third kappa shape index (κ3) is 4.86. The quantitative estimate of drug-likeness (QED) is 0.733. The molecule has 1 atom stereocenters. The van der Waals surface area contributed by atoms with E-state index in [0.29, 0.717) is 11.5 Å². The number of aryl methyl sites for hydroxylation is 1. The van der Waals surface area contributed by atoms with Crippen LogP contribution in [0, 0.1) is 11.3 Å². The minimum atomic E-state index is -0.647. The molecule has 0 bridgehead atoms. The molecule has 0 unspecified atom stereocenters. The van der Waals surface area contributed by atoms with E-state index in [9.17, 15) is 14.4 Å². The van der Waals surface area contributed by atoms with E-state index in [-0.39, 0.29) is 11.5 Å². The second-order valence-corrected chi connectivity index (χ2v) is 9.61. The number of urea groups is 1. The number of fused-ring (bicyclic) bond motifs is 2. The average Bonchev–Trinajstić information content (AvgIpc) is 3.52. The average molecular weight is 424 g/mol. The van der Waals surface area contributed by atoms with Gasteiger partial charge in [-0.3, -0.25) is 15.1 Å². The van der Waals surface area contributed by atoms with Crippen LogP contribution in [0.5, 0.6) is 0 Å². The highest BCUT2D eigenvalue weighted by Gasteiger charge is 2.33. The van der Waals surface area contributed by atoms with Crippen molar-refractivity contribution in [3.63, 3.8) is 0 Å². The number of esters is 1. The highest BCUT2D eigenvalue weighted by Crippen LogP contribution is 2.39. The van der Waals surface area contributed by atoms with Crippen molar-refractivity contribution in [3.05, 3.63) is 41.1 Å². The molecule has 7 nitrogen and oxygen atoms in total. The molecule has 0 aliphatic heterocycles. The van der Waals surface area contributed by atoms with Crippen LogP contribution in [0.4, 0.5) is 4.79 Å². The number of carbonyl (C=O) groups is 3. The van der Waals surface area contributed by atoms with Crippen molar-refractivity contribution in [1.29, 1.82) is 0 Å². The van der Waals surface area contributed by atoms with E-state index in [2.05, 4.69) is 31.4 Å². The maximum absolute atomic E-state index is 13.1. The monoisotopic (exact) mass is 423 g/mol. The van der Waals surface area contributed by atoms with Gasteiger partial charge in [-0.15, -0.1) is 0 Å². The third-order valence-electron chi connectivity index (χ3n) is 6.19. The second kappa shape index (κ2) is 8.29. The first-order valence-corrected chi connectivity index (χ1v) is 10.9. The van der Waals surface area contributed by atoms with Gasteiger partial charge in [0.15, 0.2) is 6.61 Å². The van der Waals surface area contributed by atoms with Gasteiger partial charge in [0, 0.05) is 17.1 Å². The zero-order chi connectivity index (χ0) is 22.2. The van der Waals surface area contributed by atoms with Crippen molar-refractivity contribution in [1.82, 2.24) is 15.6 Å². The van der Waals surface area contributed by atoms with Crippen molar-refractivity contribution >= 4 is 28.8 Å². The van der Waals surface area contributed by atoms with Gasteiger partial charge in [0.1, 0.15) is 0 Å². The Morgan fingerprint density at radius 3 is 2.58 bits per heavy atom. The van der Waals surface area contributed by atoms with Gasteiger partial charge in [-0.2, -0.15) is 0 Å². The smallest absolute Gasteiger partial charge is 0.339 e. The lowest BCUT2D eigenvalue weighted by atomic mass is 9.70. The number of rotatable bonds is 4. The van der Waals surface area contributed by atoms with Gasteiger partial charge in [-0.25, -0.2) is 9.59 Å². The Hall–Kier alpha value is -2.96. The van der Waals surface area contributed by atoms with E-state index >= 15 is 0 Å². The summed E-state index contributed by atoms with van der Waals surface area (Å²) in [5, 5.41) is 5.60. The number of para-hydroxylation sites is 1.